The first-order valence-corrected chi connectivity index (χ1v) is 10.2. The van der Waals surface area contributed by atoms with Crippen LogP contribution in [0.4, 0.5) is 5.69 Å². The van der Waals surface area contributed by atoms with Crippen LogP contribution in [0.1, 0.15) is 10.4 Å². The van der Waals surface area contributed by atoms with Crippen LogP contribution in [0, 0.1) is 0 Å². The highest BCUT2D eigenvalue weighted by Crippen LogP contribution is 2.20. The summed E-state index contributed by atoms with van der Waals surface area (Å²) >= 11 is 0. The van der Waals surface area contributed by atoms with Gasteiger partial charge in [0.1, 0.15) is 0 Å². The predicted octanol–water partition coefficient (Wildman–Crippen LogP) is 2.39. The van der Waals surface area contributed by atoms with E-state index in [9.17, 15) is 18.0 Å². The predicted molar refractivity (Wildman–Crippen MR) is 108 cm³/mol. The molecule has 1 amide bonds. The fourth-order valence-corrected chi connectivity index (χ4v) is 3.43. The average Bonchev–Trinajstić information content (AvgIpc) is 3.27. The van der Waals surface area contributed by atoms with Crippen molar-refractivity contribution < 1.29 is 27.2 Å². The molecular formula is C20H19N3O6S. The number of carbonyl (C=O) groups excluding carboxylic acids is 2. The minimum absolute atomic E-state index is 0.0362. The van der Waals surface area contributed by atoms with Crippen molar-refractivity contribution in [3.8, 4) is 11.3 Å². The van der Waals surface area contributed by atoms with Crippen LogP contribution < -0.4 is 5.32 Å². The van der Waals surface area contributed by atoms with Gasteiger partial charge in [0.15, 0.2) is 18.8 Å². The van der Waals surface area contributed by atoms with Crippen LogP contribution in [-0.4, -0.2) is 50.3 Å². The van der Waals surface area contributed by atoms with Crippen molar-refractivity contribution in [2.45, 2.75) is 4.90 Å². The molecule has 1 heterocycles. The number of oxazole rings is 1. The average molecular weight is 429 g/mol. The van der Waals surface area contributed by atoms with Crippen molar-refractivity contribution in [2.24, 2.45) is 0 Å². The van der Waals surface area contributed by atoms with Gasteiger partial charge in [-0.1, -0.05) is 18.2 Å². The molecular weight excluding hydrogens is 410 g/mol. The van der Waals surface area contributed by atoms with Gasteiger partial charge in [-0.25, -0.2) is 22.5 Å². The summed E-state index contributed by atoms with van der Waals surface area (Å²) in [6.07, 6.45) is 2.86. The summed E-state index contributed by atoms with van der Waals surface area (Å²) in [4.78, 5) is 28.1. The number of rotatable bonds is 7. The normalized spacial score (nSPS) is 11.3. The first-order chi connectivity index (χ1) is 14.3. The lowest BCUT2D eigenvalue weighted by Crippen LogP contribution is -2.23. The Hall–Kier alpha value is -3.50. The van der Waals surface area contributed by atoms with Crippen LogP contribution in [0.2, 0.25) is 0 Å². The number of ether oxygens (including phenoxy) is 1. The SMILES string of the molecule is CN(C)S(=O)(=O)c1cccc(NC(=O)COC(=O)c2ccc(-c3cnco3)cc2)c1. The number of amides is 1. The van der Waals surface area contributed by atoms with E-state index in [1.807, 2.05) is 0 Å². The van der Waals surface area contributed by atoms with Crippen LogP contribution in [-0.2, 0) is 19.6 Å². The Morgan fingerprint density at radius 3 is 2.50 bits per heavy atom. The molecule has 1 N–H and O–H groups in total. The number of nitrogens with zero attached hydrogens (tertiary/aromatic N) is 2. The number of hydrogen-bond acceptors (Lipinski definition) is 7. The minimum Gasteiger partial charge on any atom is -0.452 e. The Morgan fingerprint density at radius 2 is 1.87 bits per heavy atom. The minimum atomic E-state index is -3.63. The van der Waals surface area contributed by atoms with Crippen LogP contribution in [0.15, 0.2) is 70.4 Å². The van der Waals surface area contributed by atoms with Crippen molar-refractivity contribution in [3.63, 3.8) is 0 Å². The van der Waals surface area contributed by atoms with Gasteiger partial charge < -0.3 is 14.5 Å². The molecule has 0 aliphatic heterocycles. The van der Waals surface area contributed by atoms with Crippen molar-refractivity contribution in [3.05, 3.63) is 66.7 Å². The zero-order valence-corrected chi connectivity index (χ0v) is 17.0. The van der Waals surface area contributed by atoms with Gasteiger partial charge in [-0.05, 0) is 30.3 Å². The maximum Gasteiger partial charge on any atom is 0.338 e. The smallest absolute Gasteiger partial charge is 0.338 e. The van der Waals surface area contributed by atoms with E-state index in [0.29, 0.717) is 5.76 Å². The number of esters is 1. The van der Waals surface area contributed by atoms with Gasteiger partial charge in [0.2, 0.25) is 10.0 Å². The van der Waals surface area contributed by atoms with E-state index in [4.69, 9.17) is 9.15 Å². The second-order valence-electron chi connectivity index (χ2n) is 6.38. The zero-order chi connectivity index (χ0) is 21.7. The third kappa shape index (κ3) is 4.91. The Bertz CT molecular complexity index is 1140. The fraction of sp³-hybridized carbons (Fsp3) is 0.150. The molecule has 0 bridgehead atoms. The Labute approximate surface area is 173 Å². The Morgan fingerprint density at radius 1 is 1.13 bits per heavy atom. The zero-order valence-electron chi connectivity index (χ0n) is 16.2. The lowest BCUT2D eigenvalue weighted by molar-refractivity contribution is -0.119. The second kappa shape index (κ2) is 8.89. The number of hydrogen-bond donors (Lipinski definition) is 1. The van der Waals surface area contributed by atoms with Gasteiger partial charge in [-0.2, -0.15) is 0 Å². The molecule has 1 aromatic heterocycles. The number of benzene rings is 2. The van der Waals surface area contributed by atoms with Gasteiger partial charge >= 0.3 is 5.97 Å². The quantitative estimate of drug-likeness (QED) is 0.573. The summed E-state index contributed by atoms with van der Waals surface area (Å²) in [7, 11) is -0.801. The molecule has 0 radical (unpaired) electrons. The van der Waals surface area contributed by atoms with Gasteiger partial charge in [0.05, 0.1) is 16.7 Å². The van der Waals surface area contributed by atoms with E-state index in [1.54, 1.807) is 30.5 Å². The molecule has 0 saturated heterocycles. The molecule has 2 aromatic carbocycles. The molecule has 0 unspecified atom stereocenters. The molecule has 3 rings (SSSR count). The summed E-state index contributed by atoms with van der Waals surface area (Å²) in [5.41, 5.74) is 1.29. The summed E-state index contributed by atoms with van der Waals surface area (Å²) in [6, 6.07) is 12.2. The molecule has 30 heavy (non-hydrogen) atoms. The fourth-order valence-electron chi connectivity index (χ4n) is 2.49. The topological polar surface area (TPSA) is 119 Å². The highest BCUT2D eigenvalue weighted by molar-refractivity contribution is 7.89. The highest BCUT2D eigenvalue weighted by Gasteiger charge is 2.18. The van der Waals surface area contributed by atoms with Crippen LogP contribution in [0.25, 0.3) is 11.3 Å². The van der Waals surface area contributed by atoms with E-state index in [-0.39, 0.29) is 16.1 Å². The monoisotopic (exact) mass is 429 g/mol. The molecule has 0 atom stereocenters. The summed E-state index contributed by atoms with van der Waals surface area (Å²) in [5, 5.41) is 2.51. The van der Waals surface area contributed by atoms with Gasteiger partial charge in [-0.3, -0.25) is 4.79 Å². The molecule has 10 heteroatoms. The molecule has 0 spiro atoms. The van der Waals surface area contributed by atoms with E-state index in [2.05, 4.69) is 10.3 Å². The highest BCUT2D eigenvalue weighted by atomic mass is 32.2. The van der Waals surface area contributed by atoms with E-state index >= 15 is 0 Å². The molecule has 9 nitrogen and oxygen atoms in total. The number of nitrogens with one attached hydrogen (secondary N) is 1. The number of aromatic nitrogens is 1. The maximum atomic E-state index is 12.2. The molecule has 3 aromatic rings. The van der Waals surface area contributed by atoms with Crippen molar-refractivity contribution >= 4 is 27.6 Å². The van der Waals surface area contributed by atoms with Gasteiger partial charge in [0, 0.05) is 25.3 Å². The number of anilines is 1. The maximum absolute atomic E-state index is 12.2. The molecule has 0 saturated carbocycles. The first kappa shape index (κ1) is 21.2. The first-order valence-electron chi connectivity index (χ1n) is 8.76. The molecule has 0 aliphatic carbocycles. The number of sulfonamides is 1. The number of carbonyl (C=O) groups is 2. The lowest BCUT2D eigenvalue weighted by Gasteiger charge is -2.12. The standard InChI is InChI=1S/C20H19N3O6S/c1-23(2)30(26,27)17-5-3-4-16(10-17)22-19(24)12-28-20(25)15-8-6-14(7-9-15)18-11-21-13-29-18/h3-11,13H,12H2,1-2H3,(H,22,24). The van der Waals surface area contributed by atoms with Gasteiger partial charge in [-0.15, -0.1) is 0 Å². The van der Waals surface area contributed by atoms with Crippen molar-refractivity contribution in [2.75, 3.05) is 26.0 Å². The van der Waals surface area contributed by atoms with Crippen molar-refractivity contribution in [1.82, 2.24) is 9.29 Å². The van der Waals surface area contributed by atoms with E-state index in [1.165, 1.54) is 44.8 Å². The largest absolute Gasteiger partial charge is 0.452 e. The second-order valence-corrected chi connectivity index (χ2v) is 8.53. The van der Waals surface area contributed by atoms with E-state index < -0.39 is 28.5 Å². The third-order valence-electron chi connectivity index (χ3n) is 4.07. The van der Waals surface area contributed by atoms with Crippen LogP contribution in [0.5, 0.6) is 0 Å². The molecule has 156 valence electrons. The summed E-state index contributed by atoms with van der Waals surface area (Å²) in [6.45, 7) is -0.520. The third-order valence-corrected chi connectivity index (χ3v) is 5.88. The lowest BCUT2D eigenvalue weighted by atomic mass is 10.1. The molecule has 0 aliphatic rings. The van der Waals surface area contributed by atoms with Gasteiger partial charge in [0.25, 0.3) is 5.91 Å². The van der Waals surface area contributed by atoms with Crippen LogP contribution >= 0.6 is 0 Å². The van der Waals surface area contributed by atoms with Crippen molar-refractivity contribution in [1.29, 1.82) is 0 Å². The van der Waals surface area contributed by atoms with Crippen LogP contribution in [0.3, 0.4) is 0 Å². The Kier molecular flexibility index (Phi) is 6.28. The summed E-state index contributed by atoms with van der Waals surface area (Å²) in [5.74, 6) is -0.702. The Balaban J connectivity index is 1.58. The summed E-state index contributed by atoms with van der Waals surface area (Å²) < 4.78 is 35.6. The van der Waals surface area contributed by atoms with E-state index in [0.717, 1.165) is 9.87 Å². The molecule has 0 fully saturated rings.